The minimum absolute atomic E-state index is 0.676. The smallest absolute Gasteiger partial charge is 0.119 e. The molecule has 1 aromatic rings. The van der Waals surface area contributed by atoms with Crippen LogP contribution in [0.15, 0.2) is 24.3 Å². The summed E-state index contributed by atoms with van der Waals surface area (Å²) in [5.74, 6) is 1.03. The molecule has 0 fully saturated rings. The van der Waals surface area contributed by atoms with Gasteiger partial charge in [-0.05, 0) is 24.8 Å². The van der Waals surface area contributed by atoms with Crippen molar-refractivity contribution in [1.82, 2.24) is 0 Å². The van der Waals surface area contributed by atoms with Gasteiger partial charge in [0.1, 0.15) is 5.75 Å². The third-order valence-corrected chi connectivity index (χ3v) is 5.98. The van der Waals surface area contributed by atoms with Crippen molar-refractivity contribution >= 4 is 25.0 Å². The fourth-order valence-electron chi connectivity index (χ4n) is 1.51. The van der Waals surface area contributed by atoms with Crippen molar-refractivity contribution in [3.05, 3.63) is 24.3 Å². The van der Waals surface area contributed by atoms with Crippen molar-refractivity contribution < 1.29 is 4.74 Å². The summed E-state index contributed by atoms with van der Waals surface area (Å²) in [6, 6.07) is 8.62. The second-order valence-corrected chi connectivity index (χ2v) is 11.8. The maximum Gasteiger partial charge on any atom is 0.119 e. The molecule has 3 heteroatoms. The molecule has 1 unspecified atom stereocenters. The van der Waals surface area contributed by atoms with Gasteiger partial charge in [-0.25, -0.2) is 0 Å². The van der Waals surface area contributed by atoms with Gasteiger partial charge in [-0.1, -0.05) is 43.9 Å². The van der Waals surface area contributed by atoms with E-state index in [2.05, 4.69) is 57.1 Å². The van der Waals surface area contributed by atoms with Crippen LogP contribution in [0.25, 0.3) is 0 Å². The van der Waals surface area contributed by atoms with Crippen LogP contribution in [0.5, 0.6) is 5.75 Å². The lowest BCUT2D eigenvalue weighted by molar-refractivity contribution is 0.311. The van der Waals surface area contributed by atoms with Gasteiger partial charge in [-0.3, -0.25) is 0 Å². The van der Waals surface area contributed by atoms with E-state index in [1.54, 1.807) is 0 Å². The van der Waals surface area contributed by atoms with Crippen LogP contribution in [0.3, 0.4) is 0 Å². The topological polar surface area (TPSA) is 9.23 Å². The lowest BCUT2D eigenvalue weighted by atomic mass is 10.3. The van der Waals surface area contributed by atoms with Gasteiger partial charge in [-0.2, -0.15) is 11.8 Å². The Balaban J connectivity index is 2.55. The molecule has 0 bridgehead atoms. The highest BCUT2D eigenvalue weighted by Gasteiger charge is 2.16. The maximum atomic E-state index is 5.82. The fraction of sp³-hybridized carbons (Fsp3) is 0.571. The minimum atomic E-state index is -1.22. The summed E-state index contributed by atoms with van der Waals surface area (Å²) in [4.78, 5) is 0. The highest BCUT2D eigenvalue weighted by atomic mass is 32.2. The van der Waals surface area contributed by atoms with Gasteiger partial charge in [-0.15, -0.1) is 0 Å². The van der Waals surface area contributed by atoms with Crippen LogP contribution in [0.4, 0.5) is 0 Å². The molecule has 0 aliphatic carbocycles. The molecule has 17 heavy (non-hydrogen) atoms. The van der Waals surface area contributed by atoms with Crippen LogP contribution < -0.4 is 9.92 Å². The normalized spacial score (nSPS) is 13.5. The zero-order chi connectivity index (χ0) is 12.9. The van der Waals surface area contributed by atoms with E-state index in [0.29, 0.717) is 5.25 Å². The molecule has 0 aliphatic rings. The molecule has 0 saturated carbocycles. The summed E-state index contributed by atoms with van der Waals surface area (Å²) in [5.41, 5.74) is 0. The van der Waals surface area contributed by atoms with Crippen molar-refractivity contribution in [2.75, 3.05) is 12.9 Å². The Kier molecular flexibility index (Phi) is 5.60. The molecule has 96 valence electrons. The zero-order valence-corrected chi connectivity index (χ0v) is 13.4. The van der Waals surface area contributed by atoms with Crippen molar-refractivity contribution in [2.45, 2.75) is 38.2 Å². The van der Waals surface area contributed by atoms with E-state index in [9.17, 15) is 0 Å². The Hall–Kier alpha value is -0.413. The summed E-state index contributed by atoms with van der Waals surface area (Å²) >= 11 is 1.89. The molecule has 1 nitrogen and oxygen atoms in total. The maximum absolute atomic E-state index is 5.82. The molecule has 0 heterocycles. The largest absolute Gasteiger partial charge is 0.494 e. The summed E-state index contributed by atoms with van der Waals surface area (Å²) in [7, 11) is -1.22. The molecule has 0 amide bonds. The van der Waals surface area contributed by atoms with Crippen LogP contribution in [-0.2, 0) is 0 Å². The van der Waals surface area contributed by atoms with Crippen LogP contribution >= 0.6 is 11.8 Å². The second-order valence-electron chi connectivity index (χ2n) is 5.46. The molecular weight excluding hydrogens is 244 g/mol. The van der Waals surface area contributed by atoms with Gasteiger partial charge in [0.2, 0.25) is 0 Å². The highest BCUT2D eigenvalue weighted by Crippen LogP contribution is 2.14. The molecule has 0 saturated heterocycles. The van der Waals surface area contributed by atoms with E-state index in [1.807, 2.05) is 11.8 Å². The monoisotopic (exact) mass is 268 g/mol. The summed E-state index contributed by atoms with van der Waals surface area (Å²) < 4.78 is 5.82. The molecule has 0 aliphatic heterocycles. The van der Waals surface area contributed by atoms with Gasteiger partial charge in [0.15, 0.2) is 0 Å². The van der Waals surface area contributed by atoms with Crippen LogP contribution in [0, 0.1) is 0 Å². The van der Waals surface area contributed by atoms with E-state index >= 15 is 0 Å². The van der Waals surface area contributed by atoms with Gasteiger partial charge in [0.05, 0.1) is 14.7 Å². The highest BCUT2D eigenvalue weighted by molar-refractivity contribution is 7.99. The predicted molar refractivity (Wildman–Crippen MR) is 82.5 cm³/mol. The first-order chi connectivity index (χ1) is 7.93. The Labute approximate surface area is 111 Å². The van der Waals surface area contributed by atoms with Gasteiger partial charge >= 0.3 is 0 Å². The Morgan fingerprint density at radius 2 is 2.00 bits per heavy atom. The number of rotatable bonds is 6. The van der Waals surface area contributed by atoms with Gasteiger partial charge in [0.25, 0.3) is 0 Å². The van der Waals surface area contributed by atoms with Gasteiger partial charge in [0, 0.05) is 5.25 Å². The van der Waals surface area contributed by atoms with Crippen molar-refractivity contribution in [1.29, 1.82) is 0 Å². The SMILES string of the molecule is CSC(C)CCOc1cccc([Si](C)(C)C)c1. The molecule has 1 atom stereocenters. The van der Waals surface area contributed by atoms with E-state index in [-0.39, 0.29) is 0 Å². The fourth-order valence-corrected chi connectivity index (χ4v) is 3.02. The van der Waals surface area contributed by atoms with Crippen molar-refractivity contribution in [2.24, 2.45) is 0 Å². The standard InChI is InChI=1S/C14H24OSSi/c1-12(16-2)9-10-15-13-7-6-8-14(11-13)17(3,4)5/h6-8,11-12H,9-10H2,1-5H3. The predicted octanol–water partition coefficient (Wildman–Crippen LogP) is 3.75. The van der Waals surface area contributed by atoms with Gasteiger partial charge < -0.3 is 4.74 Å². The third-order valence-electron chi connectivity index (χ3n) is 2.90. The molecule has 0 spiro atoms. The number of hydrogen-bond donors (Lipinski definition) is 0. The lowest BCUT2D eigenvalue weighted by Gasteiger charge is -2.18. The third kappa shape index (κ3) is 5.17. The average Bonchev–Trinajstić information content (AvgIpc) is 2.28. The zero-order valence-electron chi connectivity index (χ0n) is 11.6. The Morgan fingerprint density at radius 1 is 1.29 bits per heavy atom. The average molecular weight is 268 g/mol. The number of benzene rings is 1. The molecule has 0 radical (unpaired) electrons. The van der Waals surface area contributed by atoms with Crippen LogP contribution in [0.1, 0.15) is 13.3 Å². The van der Waals surface area contributed by atoms with E-state index in [4.69, 9.17) is 4.74 Å². The molecule has 0 N–H and O–H groups in total. The Bertz CT molecular complexity index is 346. The molecule has 1 aromatic carbocycles. The lowest BCUT2D eigenvalue weighted by Crippen LogP contribution is -2.37. The van der Waals surface area contributed by atoms with Crippen LogP contribution in [0.2, 0.25) is 19.6 Å². The van der Waals surface area contributed by atoms with E-state index < -0.39 is 8.07 Å². The summed E-state index contributed by atoms with van der Waals surface area (Å²) in [6.07, 6.45) is 3.26. The van der Waals surface area contributed by atoms with E-state index in [1.165, 1.54) is 5.19 Å². The number of thioether (sulfide) groups is 1. The first kappa shape index (κ1) is 14.6. The first-order valence-corrected chi connectivity index (χ1v) is 11.0. The number of hydrogen-bond acceptors (Lipinski definition) is 2. The quantitative estimate of drug-likeness (QED) is 0.727. The van der Waals surface area contributed by atoms with Crippen molar-refractivity contribution in [3.63, 3.8) is 0 Å². The molecule has 0 aromatic heterocycles. The van der Waals surface area contributed by atoms with E-state index in [0.717, 1.165) is 18.8 Å². The van der Waals surface area contributed by atoms with Crippen LogP contribution in [-0.4, -0.2) is 26.2 Å². The summed E-state index contributed by atoms with van der Waals surface area (Å²) in [5, 5.41) is 2.14. The van der Waals surface area contributed by atoms with Crippen molar-refractivity contribution in [3.8, 4) is 5.75 Å². The minimum Gasteiger partial charge on any atom is -0.494 e. The Morgan fingerprint density at radius 3 is 2.59 bits per heavy atom. The summed E-state index contributed by atoms with van der Waals surface area (Å²) in [6.45, 7) is 10.1. The molecular formula is C14H24OSSi. The first-order valence-electron chi connectivity index (χ1n) is 6.19. The second kappa shape index (κ2) is 6.50. The number of ether oxygens (including phenoxy) is 1. The molecule has 1 rings (SSSR count).